The average Bonchev–Trinajstić information content (AvgIpc) is 3.24. The Kier molecular flexibility index (Phi) is 7.78. The smallest absolute Gasteiger partial charge is 0.419 e. The zero-order valence-corrected chi connectivity index (χ0v) is 23.2. The van der Waals surface area contributed by atoms with Crippen LogP contribution in [0.3, 0.4) is 0 Å². The summed E-state index contributed by atoms with van der Waals surface area (Å²) in [6, 6.07) is 16.0. The maximum Gasteiger partial charge on any atom is 0.419 e. The predicted molar refractivity (Wildman–Crippen MR) is 148 cm³/mol. The number of hydrogen-bond donors (Lipinski definition) is 0. The maximum atomic E-state index is 13.9. The van der Waals surface area contributed by atoms with Crippen molar-refractivity contribution >= 4 is 6.09 Å². The second-order valence-electron chi connectivity index (χ2n) is 11.0. The van der Waals surface area contributed by atoms with Gasteiger partial charge in [0.15, 0.2) is 0 Å². The first-order chi connectivity index (χ1) is 20.6. The van der Waals surface area contributed by atoms with Crippen molar-refractivity contribution < 1.29 is 31.8 Å². The molecule has 1 amide bonds. The molecule has 1 aliphatic carbocycles. The van der Waals surface area contributed by atoms with Crippen LogP contribution in [0.5, 0.6) is 17.5 Å². The van der Waals surface area contributed by atoms with Crippen LogP contribution in [0.4, 0.5) is 22.4 Å². The van der Waals surface area contributed by atoms with Crippen LogP contribution in [0.2, 0.25) is 0 Å². The number of ether oxygens (including phenoxy) is 2. The Hall–Kier alpha value is -4.45. The fourth-order valence-electron chi connectivity index (χ4n) is 5.73. The normalized spacial score (nSPS) is 19.6. The molecule has 2 aromatic carbocycles. The van der Waals surface area contributed by atoms with E-state index in [1.807, 2.05) is 42.5 Å². The minimum atomic E-state index is -4.85. The number of halogens is 4. The number of piperidine rings is 1. The van der Waals surface area contributed by atoms with E-state index in [1.54, 1.807) is 17.8 Å². The van der Waals surface area contributed by atoms with Crippen molar-refractivity contribution in [2.75, 3.05) is 19.6 Å². The quantitative estimate of drug-likeness (QED) is 0.217. The summed E-state index contributed by atoms with van der Waals surface area (Å²) in [5, 5.41) is 0. The summed E-state index contributed by atoms with van der Waals surface area (Å²) in [7, 11) is 1.72. The number of para-hydroxylation sites is 1. The Morgan fingerprint density at radius 2 is 1.74 bits per heavy atom. The van der Waals surface area contributed by atoms with Crippen LogP contribution in [-0.4, -0.2) is 50.1 Å². The van der Waals surface area contributed by atoms with Gasteiger partial charge in [-0.2, -0.15) is 13.2 Å². The van der Waals surface area contributed by atoms with E-state index in [9.17, 15) is 22.4 Å². The van der Waals surface area contributed by atoms with E-state index < -0.39 is 23.7 Å². The number of likely N-dealkylation sites (tertiary alicyclic amines) is 1. The van der Waals surface area contributed by atoms with E-state index >= 15 is 0 Å². The largest absolute Gasteiger partial charge is 0.439 e. The lowest BCUT2D eigenvalue weighted by atomic mass is 10.1. The second-order valence-corrected chi connectivity index (χ2v) is 11.0. The summed E-state index contributed by atoms with van der Waals surface area (Å²) in [5.41, 5.74) is -0.155. The number of aryl methyl sites for hydroxylation is 1. The van der Waals surface area contributed by atoms with Gasteiger partial charge in [-0.15, -0.1) is 0 Å². The highest BCUT2D eigenvalue weighted by atomic mass is 19.4. The molecule has 2 atom stereocenters. The van der Waals surface area contributed by atoms with E-state index in [2.05, 4.69) is 14.9 Å². The molecular weight excluding hydrogens is 566 g/mol. The van der Waals surface area contributed by atoms with Crippen molar-refractivity contribution in [2.24, 2.45) is 24.8 Å². The highest BCUT2D eigenvalue weighted by Crippen LogP contribution is 2.52. The van der Waals surface area contributed by atoms with Gasteiger partial charge in [0.05, 0.1) is 18.1 Å². The third kappa shape index (κ3) is 6.80. The second kappa shape index (κ2) is 11.7. The molecule has 0 bridgehead atoms. The Bertz CT molecular complexity index is 1570. The molecule has 43 heavy (non-hydrogen) atoms. The van der Waals surface area contributed by atoms with Crippen LogP contribution in [0.25, 0.3) is 0 Å². The molecule has 0 N–H and O–H groups in total. The molecule has 1 saturated carbocycles. The Labute approximate surface area is 245 Å². The van der Waals surface area contributed by atoms with Crippen LogP contribution in [0.15, 0.2) is 79.4 Å². The van der Waals surface area contributed by atoms with Gasteiger partial charge in [0.1, 0.15) is 11.6 Å². The highest BCUT2D eigenvalue weighted by Gasteiger charge is 2.56. The minimum absolute atomic E-state index is 0.0866. The number of fused-ring (bicyclic) bond motifs is 1. The number of alkyl halides is 3. The fourth-order valence-corrected chi connectivity index (χ4v) is 5.73. The molecule has 8 nitrogen and oxygen atoms in total. The molecule has 2 fully saturated rings. The molecule has 2 aromatic heterocycles. The third-order valence-electron chi connectivity index (χ3n) is 7.89. The fraction of sp³-hybridized carbons (Fsp3) is 0.323. The molecule has 3 heterocycles. The number of pyridine rings is 1. The molecule has 0 spiro atoms. The number of amides is 1. The Balaban J connectivity index is 1.07. The van der Waals surface area contributed by atoms with E-state index in [1.165, 1.54) is 23.5 Å². The first-order valence-electron chi connectivity index (χ1n) is 13.8. The first kappa shape index (κ1) is 28.7. The van der Waals surface area contributed by atoms with Crippen molar-refractivity contribution in [2.45, 2.75) is 19.3 Å². The highest BCUT2D eigenvalue weighted by molar-refractivity contribution is 5.70. The molecule has 6 rings (SSSR count). The van der Waals surface area contributed by atoms with Crippen LogP contribution < -0.4 is 9.47 Å². The van der Waals surface area contributed by atoms with Gasteiger partial charge in [0.25, 0.3) is 0 Å². The molecule has 12 heteroatoms. The number of carbonyl (C=O) groups excluding carboxylic acids is 1. The van der Waals surface area contributed by atoms with Gasteiger partial charge in [0, 0.05) is 52.0 Å². The molecule has 2 unspecified atom stereocenters. The van der Waals surface area contributed by atoms with Crippen molar-refractivity contribution in [3.63, 3.8) is 0 Å². The van der Waals surface area contributed by atoms with Gasteiger partial charge in [-0.25, -0.2) is 19.2 Å². The predicted octanol–water partition coefficient (Wildman–Crippen LogP) is 6.14. The van der Waals surface area contributed by atoms with Crippen LogP contribution in [0, 0.1) is 23.6 Å². The Morgan fingerprint density at radius 3 is 2.40 bits per heavy atom. The summed E-state index contributed by atoms with van der Waals surface area (Å²) in [6.07, 6.45) is -0.771. The summed E-state index contributed by atoms with van der Waals surface area (Å²) in [5.74, 6) is 0.824. The lowest BCUT2D eigenvalue weighted by molar-refractivity contribution is -0.140. The standard InChI is InChI=1S/C31H29F4N5O3/c1-38-18-29(37-19-38)43-30(41)40(14-20-7-9-27(32)26(11-20)31(33,34)35)17-25-23-15-39(16-24(23)25)13-21-8-10-28(36-12-21)42-22-5-3-2-4-6-22/h2-12,18-19,23-25H,13-17H2,1H3. The molecular formula is C31H29F4N5O3. The Morgan fingerprint density at radius 1 is 1.00 bits per heavy atom. The van der Waals surface area contributed by atoms with E-state index in [-0.39, 0.29) is 23.9 Å². The number of aromatic nitrogens is 3. The van der Waals surface area contributed by atoms with E-state index in [0.717, 1.165) is 37.3 Å². The summed E-state index contributed by atoms with van der Waals surface area (Å²) < 4.78 is 66.6. The van der Waals surface area contributed by atoms with Crippen molar-refractivity contribution in [1.29, 1.82) is 0 Å². The lowest BCUT2D eigenvalue weighted by Crippen LogP contribution is -2.37. The van der Waals surface area contributed by atoms with Gasteiger partial charge in [-0.1, -0.05) is 30.3 Å². The molecule has 224 valence electrons. The topological polar surface area (TPSA) is 72.7 Å². The van der Waals surface area contributed by atoms with Gasteiger partial charge < -0.3 is 18.9 Å². The minimum Gasteiger partial charge on any atom is -0.439 e. The van der Waals surface area contributed by atoms with E-state index in [4.69, 9.17) is 9.47 Å². The van der Waals surface area contributed by atoms with Crippen molar-refractivity contribution in [3.05, 3.63) is 102 Å². The number of rotatable bonds is 9. The number of nitrogens with zero attached hydrogens (tertiary/aromatic N) is 5. The lowest BCUT2D eigenvalue weighted by Gasteiger charge is -2.25. The first-order valence-corrected chi connectivity index (χ1v) is 13.8. The summed E-state index contributed by atoms with van der Waals surface area (Å²) >= 11 is 0. The molecule has 0 radical (unpaired) electrons. The van der Waals surface area contributed by atoms with Gasteiger partial charge in [-0.3, -0.25) is 4.90 Å². The van der Waals surface area contributed by atoms with Crippen LogP contribution >= 0.6 is 0 Å². The SMILES string of the molecule is Cn1cnc(OC(=O)N(Cc2ccc(F)c(C(F)(F)F)c2)CC2C3CN(Cc4ccc(Oc5ccccc5)nc4)CC32)c1. The van der Waals surface area contributed by atoms with Gasteiger partial charge in [0.2, 0.25) is 11.8 Å². The molecule has 1 aliphatic heterocycles. The van der Waals surface area contributed by atoms with Crippen LogP contribution in [-0.2, 0) is 26.3 Å². The number of carbonyl (C=O) groups is 1. The number of benzene rings is 2. The van der Waals surface area contributed by atoms with E-state index in [0.29, 0.717) is 30.0 Å². The van der Waals surface area contributed by atoms with Gasteiger partial charge >= 0.3 is 12.3 Å². The molecule has 4 aromatic rings. The van der Waals surface area contributed by atoms with Crippen LogP contribution in [0.1, 0.15) is 16.7 Å². The summed E-state index contributed by atoms with van der Waals surface area (Å²) in [4.78, 5) is 25.3. The number of hydrogen-bond acceptors (Lipinski definition) is 6. The average molecular weight is 596 g/mol. The zero-order valence-electron chi connectivity index (χ0n) is 23.2. The van der Waals surface area contributed by atoms with Gasteiger partial charge in [-0.05, 0) is 53.1 Å². The molecule has 2 aliphatic rings. The maximum absolute atomic E-state index is 13.9. The molecule has 1 saturated heterocycles. The number of imidazole rings is 1. The summed E-state index contributed by atoms with van der Waals surface area (Å²) in [6.45, 7) is 2.53. The third-order valence-corrected chi connectivity index (χ3v) is 7.89. The zero-order chi connectivity index (χ0) is 30.1. The van der Waals surface area contributed by atoms with Crippen molar-refractivity contribution in [1.82, 2.24) is 24.3 Å². The van der Waals surface area contributed by atoms with Crippen molar-refractivity contribution in [3.8, 4) is 17.5 Å². The monoisotopic (exact) mass is 595 g/mol.